The maximum atomic E-state index is 11.2. The Balaban J connectivity index is 3.50. The normalized spacial score (nSPS) is 12.5. The molecule has 4 nitrogen and oxygen atoms in total. The monoisotopic (exact) mass is 218 g/mol. The van der Waals surface area contributed by atoms with E-state index in [0.29, 0.717) is 13.0 Å². The van der Waals surface area contributed by atoms with Gasteiger partial charge in [-0.25, -0.2) is 0 Å². The highest BCUT2D eigenvalue weighted by molar-refractivity contribution is 5.69. The molecule has 0 aliphatic heterocycles. The Morgan fingerprint density at radius 2 is 2.07 bits per heavy atom. The van der Waals surface area contributed by atoms with Gasteiger partial charge in [-0.2, -0.15) is 0 Å². The summed E-state index contributed by atoms with van der Waals surface area (Å²) in [6.45, 7) is 4.47. The van der Waals surface area contributed by atoms with Crippen LogP contribution in [-0.2, 0) is 14.3 Å². The first kappa shape index (κ1) is 14.4. The topological polar surface area (TPSA) is 55.8 Å². The van der Waals surface area contributed by atoms with Crippen molar-refractivity contribution in [2.24, 2.45) is 0 Å². The lowest BCUT2D eigenvalue weighted by atomic mass is 10.2. The molecule has 0 radical (unpaired) electrons. The number of carbonyl (C=O) groups is 1. The molecule has 0 bridgehead atoms. The largest absolute Gasteiger partial charge is 0.463 e. The summed E-state index contributed by atoms with van der Waals surface area (Å²) in [4.78, 5) is 11.2. The minimum absolute atomic E-state index is 0.115. The second-order valence-electron chi connectivity index (χ2n) is 3.40. The second kappa shape index (κ2) is 9.93. The SMILES string of the molecule is CCCCCC(=O)OCC(CO)OCC. The third-order valence-corrected chi connectivity index (χ3v) is 2.02. The van der Waals surface area contributed by atoms with Gasteiger partial charge in [0, 0.05) is 13.0 Å². The van der Waals surface area contributed by atoms with Crippen LogP contribution in [0.2, 0.25) is 0 Å². The first-order valence-corrected chi connectivity index (χ1v) is 5.62. The summed E-state index contributed by atoms with van der Waals surface area (Å²) in [5.41, 5.74) is 0. The molecule has 4 heteroatoms. The number of hydrogen-bond acceptors (Lipinski definition) is 4. The van der Waals surface area contributed by atoms with E-state index in [2.05, 4.69) is 6.92 Å². The number of ether oxygens (including phenoxy) is 2. The molecule has 0 saturated carbocycles. The summed E-state index contributed by atoms with van der Waals surface area (Å²) in [6, 6.07) is 0. The van der Waals surface area contributed by atoms with Crippen LogP contribution in [0.4, 0.5) is 0 Å². The van der Waals surface area contributed by atoms with Crippen LogP contribution in [0.1, 0.15) is 39.5 Å². The summed E-state index contributed by atoms with van der Waals surface area (Å²) >= 11 is 0. The van der Waals surface area contributed by atoms with E-state index in [1.54, 1.807) is 0 Å². The Morgan fingerprint density at radius 3 is 2.60 bits per heavy atom. The number of aliphatic hydroxyl groups excluding tert-OH is 1. The summed E-state index contributed by atoms with van der Waals surface area (Å²) in [7, 11) is 0. The zero-order valence-corrected chi connectivity index (χ0v) is 9.70. The lowest BCUT2D eigenvalue weighted by Gasteiger charge is -2.14. The van der Waals surface area contributed by atoms with E-state index in [1.165, 1.54) is 0 Å². The summed E-state index contributed by atoms with van der Waals surface area (Å²) in [5, 5.41) is 8.87. The Hall–Kier alpha value is -0.610. The molecule has 0 aromatic heterocycles. The average Bonchev–Trinajstić information content (AvgIpc) is 2.24. The standard InChI is InChI=1S/C11H22O4/c1-3-5-6-7-11(13)15-9-10(8-12)14-4-2/h10,12H,3-9H2,1-2H3. The molecule has 0 aliphatic rings. The molecule has 15 heavy (non-hydrogen) atoms. The van der Waals surface area contributed by atoms with Gasteiger partial charge in [-0.05, 0) is 13.3 Å². The number of aliphatic hydroxyl groups is 1. The first-order chi connectivity index (χ1) is 7.24. The van der Waals surface area contributed by atoms with Crippen molar-refractivity contribution >= 4 is 5.97 Å². The molecule has 1 unspecified atom stereocenters. The predicted molar refractivity (Wildman–Crippen MR) is 57.6 cm³/mol. The quantitative estimate of drug-likeness (QED) is 0.471. The maximum Gasteiger partial charge on any atom is 0.305 e. The maximum absolute atomic E-state index is 11.2. The van der Waals surface area contributed by atoms with Crippen LogP contribution in [0, 0.1) is 0 Å². The van der Waals surface area contributed by atoms with Crippen LogP contribution < -0.4 is 0 Å². The number of unbranched alkanes of at least 4 members (excludes halogenated alkanes) is 2. The smallest absolute Gasteiger partial charge is 0.305 e. The fourth-order valence-electron chi connectivity index (χ4n) is 1.17. The molecule has 0 amide bonds. The number of carbonyl (C=O) groups excluding carboxylic acids is 1. The highest BCUT2D eigenvalue weighted by Crippen LogP contribution is 2.01. The summed E-state index contributed by atoms with van der Waals surface area (Å²) in [5.74, 6) is -0.207. The number of hydrogen-bond donors (Lipinski definition) is 1. The lowest BCUT2D eigenvalue weighted by molar-refractivity contribution is -0.149. The van der Waals surface area contributed by atoms with Crippen molar-refractivity contribution in [3.8, 4) is 0 Å². The minimum Gasteiger partial charge on any atom is -0.463 e. The molecule has 0 spiro atoms. The van der Waals surface area contributed by atoms with Gasteiger partial charge in [-0.1, -0.05) is 19.8 Å². The van der Waals surface area contributed by atoms with E-state index in [-0.39, 0.29) is 25.3 Å². The average molecular weight is 218 g/mol. The van der Waals surface area contributed by atoms with Gasteiger partial charge in [0.05, 0.1) is 6.61 Å². The highest BCUT2D eigenvalue weighted by Gasteiger charge is 2.10. The molecule has 0 aliphatic carbocycles. The molecule has 0 fully saturated rings. The van der Waals surface area contributed by atoms with Gasteiger partial charge in [-0.3, -0.25) is 4.79 Å². The molecular formula is C11H22O4. The molecule has 1 N–H and O–H groups in total. The fourth-order valence-corrected chi connectivity index (χ4v) is 1.17. The van der Waals surface area contributed by atoms with E-state index in [4.69, 9.17) is 14.6 Å². The zero-order chi connectivity index (χ0) is 11.5. The molecule has 0 aromatic carbocycles. The van der Waals surface area contributed by atoms with Gasteiger partial charge in [0.15, 0.2) is 0 Å². The Bertz CT molecular complexity index is 159. The summed E-state index contributed by atoms with van der Waals surface area (Å²) < 4.78 is 10.1. The van der Waals surface area contributed by atoms with Crippen LogP contribution >= 0.6 is 0 Å². The Labute approximate surface area is 91.6 Å². The third-order valence-electron chi connectivity index (χ3n) is 2.02. The van der Waals surface area contributed by atoms with Gasteiger partial charge in [0.25, 0.3) is 0 Å². The van der Waals surface area contributed by atoms with Crippen molar-refractivity contribution in [3.63, 3.8) is 0 Å². The first-order valence-electron chi connectivity index (χ1n) is 5.62. The van der Waals surface area contributed by atoms with Crippen molar-refractivity contribution in [3.05, 3.63) is 0 Å². The van der Waals surface area contributed by atoms with Gasteiger partial charge < -0.3 is 14.6 Å². The molecule has 0 heterocycles. The van der Waals surface area contributed by atoms with Gasteiger partial charge in [0.2, 0.25) is 0 Å². The van der Waals surface area contributed by atoms with Gasteiger partial charge in [-0.15, -0.1) is 0 Å². The minimum atomic E-state index is -0.384. The van der Waals surface area contributed by atoms with Crippen LogP contribution in [0.3, 0.4) is 0 Å². The van der Waals surface area contributed by atoms with Crippen LogP contribution in [-0.4, -0.2) is 37.0 Å². The van der Waals surface area contributed by atoms with Crippen molar-refractivity contribution in [1.82, 2.24) is 0 Å². The van der Waals surface area contributed by atoms with Crippen LogP contribution in [0.25, 0.3) is 0 Å². The lowest BCUT2D eigenvalue weighted by Crippen LogP contribution is -2.25. The molecular weight excluding hydrogens is 196 g/mol. The number of rotatable bonds is 9. The summed E-state index contributed by atoms with van der Waals surface area (Å²) in [6.07, 6.45) is 3.08. The molecule has 0 aromatic rings. The zero-order valence-electron chi connectivity index (χ0n) is 9.70. The fraction of sp³-hybridized carbons (Fsp3) is 0.909. The van der Waals surface area contributed by atoms with Crippen LogP contribution in [0.15, 0.2) is 0 Å². The van der Waals surface area contributed by atoms with E-state index < -0.39 is 0 Å². The second-order valence-corrected chi connectivity index (χ2v) is 3.40. The van der Waals surface area contributed by atoms with E-state index >= 15 is 0 Å². The van der Waals surface area contributed by atoms with E-state index in [9.17, 15) is 4.79 Å². The van der Waals surface area contributed by atoms with Gasteiger partial charge >= 0.3 is 5.97 Å². The van der Waals surface area contributed by atoms with Crippen LogP contribution in [0.5, 0.6) is 0 Å². The van der Waals surface area contributed by atoms with E-state index in [1.807, 2.05) is 6.92 Å². The third kappa shape index (κ3) is 8.39. The Kier molecular flexibility index (Phi) is 9.52. The molecule has 0 saturated heterocycles. The van der Waals surface area contributed by atoms with Crippen molar-refractivity contribution < 1.29 is 19.4 Å². The highest BCUT2D eigenvalue weighted by atomic mass is 16.6. The van der Waals surface area contributed by atoms with E-state index in [0.717, 1.165) is 19.3 Å². The Morgan fingerprint density at radius 1 is 1.33 bits per heavy atom. The molecule has 90 valence electrons. The predicted octanol–water partition coefficient (Wildman–Crippen LogP) is 1.51. The van der Waals surface area contributed by atoms with Crippen molar-refractivity contribution in [1.29, 1.82) is 0 Å². The van der Waals surface area contributed by atoms with Crippen molar-refractivity contribution in [2.45, 2.75) is 45.6 Å². The van der Waals surface area contributed by atoms with Crippen molar-refractivity contribution in [2.75, 3.05) is 19.8 Å². The number of esters is 1. The van der Waals surface area contributed by atoms with Gasteiger partial charge in [0.1, 0.15) is 12.7 Å². The molecule has 0 rings (SSSR count). The molecule has 1 atom stereocenters.